The van der Waals surface area contributed by atoms with E-state index in [-0.39, 0.29) is 23.7 Å². The maximum Gasteiger partial charge on any atom is 0.272 e. The number of carbonyl (C=O) groups excluding carboxylic acids is 2. The quantitative estimate of drug-likeness (QED) is 0.682. The Balaban J connectivity index is 1.58. The molecule has 0 unspecified atom stereocenters. The second-order valence-electron chi connectivity index (χ2n) is 6.16. The van der Waals surface area contributed by atoms with Crippen molar-refractivity contribution < 1.29 is 14.0 Å². The summed E-state index contributed by atoms with van der Waals surface area (Å²) in [5.74, 6) is -0.944. The molecule has 2 amide bonds. The van der Waals surface area contributed by atoms with Gasteiger partial charge in [0.2, 0.25) is 0 Å². The molecule has 5 nitrogen and oxygen atoms in total. The summed E-state index contributed by atoms with van der Waals surface area (Å²) < 4.78 is 13.3. The molecule has 1 fully saturated rings. The molecule has 126 valence electrons. The summed E-state index contributed by atoms with van der Waals surface area (Å²) >= 11 is 0. The number of hydrogen-bond acceptors (Lipinski definition) is 2. The summed E-state index contributed by atoms with van der Waals surface area (Å²) in [6.45, 7) is 0. The Kier molecular flexibility index (Phi) is 3.72. The average molecular weight is 337 g/mol. The third-order valence-electron chi connectivity index (χ3n) is 4.16. The number of amides is 2. The van der Waals surface area contributed by atoms with Crippen molar-refractivity contribution in [1.82, 2.24) is 10.3 Å². The van der Waals surface area contributed by atoms with Gasteiger partial charge >= 0.3 is 0 Å². The maximum absolute atomic E-state index is 13.3. The third kappa shape index (κ3) is 3.24. The van der Waals surface area contributed by atoms with Crippen LogP contribution >= 0.6 is 0 Å². The molecule has 0 atom stereocenters. The molecule has 3 N–H and O–H groups in total. The van der Waals surface area contributed by atoms with Crippen LogP contribution in [-0.2, 0) is 0 Å². The lowest BCUT2D eigenvalue weighted by Crippen LogP contribution is -2.27. The highest BCUT2D eigenvalue weighted by molar-refractivity contribution is 6.09. The van der Waals surface area contributed by atoms with Crippen LogP contribution in [0.2, 0.25) is 0 Å². The molecule has 0 saturated heterocycles. The minimum absolute atomic E-state index is 0.197. The molecular formula is C19H16FN3O2. The first-order valence-electron chi connectivity index (χ1n) is 8.10. The molecule has 0 aliphatic heterocycles. The van der Waals surface area contributed by atoms with Gasteiger partial charge in [-0.3, -0.25) is 9.59 Å². The van der Waals surface area contributed by atoms with Crippen molar-refractivity contribution in [3.63, 3.8) is 0 Å². The van der Waals surface area contributed by atoms with Crippen molar-refractivity contribution in [2.24, 2.45) is 0 Å². The minimum Gasteiger partial charge on any atom is -0.351 e. The number of hydrogen-bond donors (Lipinski definition) is 3. The number of carbonyl (C=O) groups is 2. The van der Waals surface area contributed by atoms with Crippen LogP contribution in [-0.4, -0.2) is 22.8 Å². The van der Waals surface area contributed by atoms with Gasteiger partial charge < -0.3 is 15.6 Å². The van der Waals surface area contributed by atoms with Crippen molar-refractivity contribution >= 4 is 28.4 Å². The van der Waals surface area contributed by atoms with Crippen LogP contribution in [0.5, 0.6) is 0 Å². The molecule has 3 aromatic rings. The first-order chi connectivity index (χ1) is 12.1. The molecule has 6 heteroatoms. The molecule has 25 heavy (non-hydrogen) atoms. The van der Waals surface area contributed by atoms with E-state index in [0.717, 1.165) is 12.8 Å². The number of fused-ring (bicyclic) bond motifs is 1. The van der Waals surface area contributed by atoms with Gasteiger partial charge in [-0.2, -0.15) is 0 Å². The molecule has 2 aromatic carbocycles. The zero-order valence-electron chi connectivity index (χ0n) is 13.3. The van der Waals surface area contributed by atoms with E-state index in [4.69, 9.17) is 0 Å². The molecule has 0 spiro atoms. The lowest BCUT2D eigenvalue weighted by Gasteiger charge is -2.10. The van der Waals surface area contributed by atoms with E-state index >= 15 is 0 Å². The van der Waals surface area contributed by atoms with Crippen LogP contribution in [0.3, 0.4) is 0 Å². The SMILES string of the molecule is O=C(Nc1ccccc1C(=O)NC1CC1)c1cc2cc(F)ccc2[nH]1. The van der Waals surface area contributed by atoms with Crippen LogP contribution < -0.4 is 10.6 Å². The van der Waals surface area contributed by atoms with E-state index in [2.05, 4.69) is 15.6 Å². The second kappa shape index (κ2) is 6.05. The van der Waals surface area contributed by atoms with Crippen molar-refractivity contribution in [3.8, 4) is 0 Å². The van der Waals surface area contributed by atoms with E-state index in [9.17, 15) is 14.0 Å². The Morgan fingerprint density at radius 3 is 2.64 bits per heavy atom. The predicted octanol–water partition coefficient (Wildman–Crippen LogP) is 3.45. The van der Waals surface area contributed by atoms with E-state index < -0.39 is 0 Å². The second-order valence-corrected chi connectivity index (χ2v) is 6.16. The van der Waals surface area contributed by atoms with Crippen LogP contribution in [0, 0.1) is 5.82 Å². The summed E-state index contributed by atoms with van der Waals surface area (Å²) in [7, 11) is 0. The van der Waals surface area contributed by atoms with Gasteiger partial charge in [0.05, 0.1) is 11.3 Å². The van der Waals surface area contributed by atoms with Gasteiger partial charge in [-0.25, -0.2) is 4.39 Å². The molecule has 1 aromatic heterocycles. The standard InChI is InChI=1S/C19H16FN3O2/c20-12-5-8-15-11(9-12)10-17(22-15)19(25)23-16-4-2-1-3-14(16)18(24)21-13-6-7-13/h1-5,8-10,13,22H,6-7H2,(H,21,24)(H,23,25). The van der Waals surface area contributed by atoms with Gasteiger partial charge in [0.1, 0.15) is 11.5 Å². The molecular weight excluding hydrogens is 321 g/mol. The van der Waals surface area contributed by atoms with Gasteiger partial charge in [-0.05, 0) is 49.2 Å². The van der Waals surface area contributed by atoms with Gasteiger partial charge in [0.25, 0.3) is 11.8 Å². The highest BCUT2D eigenvalue weighted by Crippen LogP contribution is 2.22. The fourth-order valence-electron chi connectivity index (χ4n) is 2.70. The Labute approximate surface area is 143 Å². The lowest BCUT2D eigenvalue weighted by molar-refractivity contribution is 0.0952. The Hall–Kier alpha value is -3.15. The fourth-order valence-corrected chi connectivity index (χ4v) is 2.70. The zero-order valence-corrected chi connectivity index (χ0v) is 13.3. The summed E-state index contributed by atoms with van der Waals surface area (Å²) in [6.07, 6.45) is 1.98. The zero-order chi connectivity index (χ0) is 17.4. The molecule has 0 radical (unpaired) electrons. The van der Waals surface area contributed by atoms with E-state index in [1.165, 1.54) is 12.1 Å². The molecule has 4 rings (SSSR count). The molecule has 0 bridgehead atoms. The van der Waals surface area contributed by atoms with E-state index in [1.807, 2.05) is 0 Å². The number of rotatable bonds is 4. The van der Waals surface area contributed by atoms with Gasteiger partial charge in [-0.15, -0.1) is 0 Å². The van der Waals surface area contributed by atoms with E-state index in [0.29, 0.717) is 27.8 Å². The number of H-pyrrole nitrogens is 1. The van der Waals surface area contributed by atoms with Crippen molar-refractivity contribution in [3.05, 3.63) is 65.6 Å². The Morgan fingerprint density at radius 1 is 1.04 bits per heavy atom. The third-order valence-corrected chi connectivity index (χ3v) is 4.16. The summed E-state index contributed by atoms with van der Waals surface area (Å²) in [6, 6.07) is 13.0. The highest BCUT2D eigenvalue weighted by Gasteiger charge is 2.25. The summed E-state index contributed by atoms with van der Waals surface area (Å²) in [5, 5.41) is 6.28. The normalized spacial score (nSPS) is 13.6. The van der Waals surface area contributed by atoms with Gasteiger partial charge in [0, 0.05) is 16.9 Å². The lowest BCUT2D eigenvalue weighted by atomic mass is 10.1. The van der Waals surface area contributed by atoms with Crippen LogP contribution in [0.4, 0.5) is 10.1 Å². The van der Waals surface area contributed by atoms with Gasteiger partial charge in [-0.1, -0.05) is 12.1 Å². The Morgan fingerprint density at radius 2 is 1.84 bits per heavy atom. The molecule has 1 aliphatic carbocycles. The smallest absolute Gasteiger partial charge is 0.272 e. The highest BCUT2D eigenvalue weighted by atomic mass is 19.1. The minimum atomic E-state index is -0.386. The number of aromatic amines is 1. The average Bonchev–Trinajstić information content (AvgIpc) is 3.31. The number of anilines is 1. The number of halogens is 1. The van der Waals surface area contributed by atoms with Crippen molar-refractivity contribution in [1.29, 1.82) is 0 Å². The number of para-hydroxylation sites is 1. The number of benzene rings is 2. The van der Waals surface area contributed by atoms with Crippen LogP contribution in [0.1, 0.15) is 33.7 Å². The Bertz CT molecular complexity index is 976. The van der Waals surface area contributed by atoms with Crippen LogP contribution in [0.15, 0.2) is 48.5 Å². The molecule has 1 heterocycles. The summed E-state index contributed by atoms with van der Waals surface area (Å²) in [5.41, 5.74) is 1.84. The predicted molar refractivity (Wildman–Crippen MR) is 93.1 cm³/mol. The summed E-state index contributed by atoms with van der Waals surface area (Å²) in [4.78, 5) is 27.8. The number of nitrogens with one attached hydrogen (secondary N) is 3. The molecule has 1 saturated carbocycles. The maximum atomic E-state index is 13.3. The van der Waals surface area contributed by atoms with E-state index in [1.54, 1.807) is 36.4 Å². The topological polar surface area (TPSA) is 74.0 Å². The van der Waals surface area contributed by atoms with Crippen molar-refractivity contribution in [2.45, 2.75) is 18.9 Å². The number of aromatic nitrogens is 1. The largest absolute Gasteiger partial charge is 0.351 e. The monoisotopic (exact) mass is 337 g/mol. The van der Waals surface area contributed by atoms with Gasteiger partial charge in [0.15, 0.2) is 0 Å². The van der Waals surface area contributed by atoms with Crippen molar-refractivity contribution in [2.75, 3.05) is 5.32 Å². The first-order valence-corrected chi connectivity index (χ1v) is 8.10. The fraction of sp³-hybridized carbons (Fsp3) is 0.158. The molecule has 1 aliphatic rings. The first kappa shape index (κ1) is 15.4. The van der Waals surface area contributed by atoms with Crippen LogP contribution in [0.25, 0.3) is 10.9 Å².